The van der Waals surface area contributed by atoms with E-state index in [2.05, 4.69) is 0 Å². The van der Waals surface area contributed by atoms with Gasteiger partial charge in [0, 0.05) is 6.54 Å². The summed E-state index contributed by atoms with van der Waals surface area (Å²) in [4.78, 5) is 11.4. The van der Waals surface area contributed by atoms with Crippen LogP contribution in [-0.4, -0.2) is 29.9 Å². The average Bonchev–Trinajstić information content (AvgIpc) is 1.94. The van der Waals surface area contributed by atoms with Crippen molar-refractivity contribution in [2.45, 2.75) is 25.4 Å². The Kier molecular flexibility index (Phi) is 2.38. The molecule has 2 N–H and O–H groups in total. The molecule has 3 nitrogen and oxygen atoms in total. The van der Waals surface area contributed by atoms with E-state index in [4.69, 9.17) is 5.73 Å². The fourth-order valence-corrected chi connectivity index (χ4v) is 1.12. The number of nitrogens with two attached hydrogens (primary N) is 1. The van der Waals surface area contributed by atoms with Crippen molar-refractivity contribution < 1.29 is 13.6 Å². The highest BCUT2D eigenvalue weighted by atomic mass is 19.3. The lowest BCUT2D eigenvalue weighted by Crippen LogP contribution is -2.50. The first-order valence-corrected chi connectivity index (χ1v) is 3.47. The molecule has 1 amide bonds. The molecule has 1 rings (SSSR count). The van der Waals surface area contributed by atoms with E-state index < -0.39 is 18.5 Å². The molecule has 5 heteroatoms. The maximum atomic E-state index is 12.0. The Morgan fingerprint density at radius 3 is 2.73 bits per heavy atom. The molecular weight excluding hydrogens is 154 g/mol. The number of hydrogen-bond acceptors (Lipinski definition) is 2. The number of carbonyl (C=O) groups excluding carboxylic acids is 1. The van der Waals surface area contributed by atoms with E-state index in [0.717, 1.165) is 0 Å². The van der Waals surface area contributed by atoms with Gasteiger partial charge in [0.1, 0.15) is 0 Å². The van der Waals surface area contributed by atoms with Gasteiger partial charge in [-0.2, -0.15) is 8.78 Å². The zero-order valence-corrected chi connectivity index (χ0v) is 5.96. The normalized spacial score (nSPS) is 26.4. The quantitative estimate of drug-likeness (QED) is 0.561. The van der Waals surface area contributed by atoms with Crippen molar-refractivity contribution in [3.8, 4) is 0 Å². The van der Waals surface area contributed by atoms with E-state index in [1.165, 1.54) is 0 Å². The molecule has 11 heavy (non-hydrogen) atoms. The molecule has 0 spiro atoms. The molecule has 1 aliphatic rings. The van der Waals surface area contributed by atoms with Crippen molar-refractivity contribution >= 4 is 5.91 Å². The second kappa shape index (κ2) is 3.13. The number of rotatable bonds is 1. The van der Waals surface area contributed by atoms with Gasteiger partial charge in [-0.15, -0.1) is 0 Å². The number of piperidine rings is 1. The van der Waals surface area contributed by atoms with Crippen molar-refractivity contribution in [1.82, 2.24) is 4.90 Å². The summed E-state index contributed by atoms with van der Waals surface area (Å²) in [7, 11) is 0. The fraction of sp³-hybridized carbons (Fsp3) is 0.833. The third-order valence-corrected chi connectivity index (χ3v) is 1.75. The van der Waals surface area contributed by atoms with Crippen LogP contribution < -0.4 is 5.73 Å². The highest BCUT2D eigenvalue weighted by Crippen LogP contribution is 2.14. The monoisotopic (exact) mass is 164 g/mol. The molecule has 1 heterocycles. The highest BCUT2D eigenvalue weighted by molar-refractivity contribution is 5.82. The third-order valence-electron chi connectivity index (χ3n) is 1.75. The Morgan fingerprint density at radius 1 is 1.64 bits per heavy atom. The smallest absolute Gasteiger partial charge is 0.317 e. The van der Waals surface area contributed by atoms with Gasteiger partial charge in [-0.05, 0) is 12.8 Å². The van der Waals surface area contributed by atoms with Gasteiger partial charge >= 0.3 is 6.55 Å². The van der Waals surface area contributed by atoms with E-state index in [-0.39, 0.29) is 6.54 Å². The van der Waals surface area contributed by atoms with Gasteiger partial charge in [0.05, 0.1) is 6.04 Å². The summed E-state index contributed by atoms with van der Waals surface area (Å²) >= 11 is 0. The van der Waals surface area contributed by atoms with Crippen molar-refractivity contribution in [2.75, 3.05) is 6.54 Å². The predicted molar refractivity (Wildman–Crippen MR) is 34.9 cm³/mol. The van der Waals surface area contributed by atoms with Crippen LogP contribution in [0.4, 0.5) is 8.78 Å². The largest absolute Gasteiger partial charge is 0.320 e. The van der Waals surface area contributed by atoms with E-state index >= 15 is 0 Å². The Balaban J connectivity index is 2.58. The lowest BCUT2D eigenvalue weighted by Gasteiger charge is -2.29. The summed E-state index contributed by atoms with van der Waals surface area (Å²) in [6.07, 6.45) is 1.08. The highest BCUT2D eigenvalue weighted by Gasteiger charge is 2.30. The fourth-order valence-electron chi connectivity index (χ4n) is 1.12. The Hall–Kier alpha value is -0.710. The van der Waals surface area contributed by atoms with Crippen molar-refractivity contribution in [3.05, 3.63) is 0 Å². The molecule has 0 aromatic carbocycles. The van der Waals surface area contributed by atoms with E-state index in [1.54, 1.807) is 0 Å². The maximum absolute atomic E-state index is 12.0. The molecular formula is C6H10F2N2O. The minimum Gasteiger partial charge on any atom is -0.320 e. The van der Waals surface area contributed by atoms with Crippen LogP contribution >= 0.6 is 0 Å². The molecule has 0 radical (unpaired) electrons. The van der Waals surface area contributed by atoms with Crippen molar-refractivity contribution in [3.63, 3.8) is 0 Å². The summed E-state index contributed by atoms with van der Waals surface area (Å²) in [6.45, 7) is -2.57. The van der Waals surface area contributed by atoms with Crippen LogP contribution in [0.3, 0.4) is 0 Å². The van der Waals surface area contributed by atoms with E-state index in [1.807, 2.05) is 0 Å². The first-order valence-electron chi connectivity index (χ1n) is 3.47. The number of amides is 1. The van der Waals surface area contributed by atoms with Gasteiger partial charge in [-0.25, -0.2) is 0 Å². The first-order chi connectivity index (χ1) is 5.13. The summed E-state index contributed by atoms with van der Waals surface area (Å²) in [5.41, 5.74) is 5.28. The number of nitrogens with zero attached hydrogens (tertiary/aromatic N) is 1. The van der Waals surface area contributed by atoms with Crippen LogP contribution in [0, 0.1) is 0 Å². The predicted octanol–water partition coefficient (Wildman–Crippen LogP) is 0.159. The Morgan fingerprint density at radius 2 is 2.27 bits per heavy atom. The molecule has 0 aromatic heterocycles. The van der Waals surface area contributed by atoms with Gasteiger partial charge in [0.2, 0.25) is 5.91 Å². The molecule has 1 unspecified atom stereocenters. The Labute approximate surface area is 63.2 Å². The topological polar surface area (TPSA) is 46.3 Å². The number of halogens is 2. The molecule has 0 aromatic rings. The zero-order chi connectivity index (χ0) is 8.43. The standard InChI is InChI=1S/C6H10F2N2O/c7-6(8)10-3-1-2-4(9)5(10)11/h4,6H,1-3,9H2. The molecule has 0 saturated carbocycles. The maximum Gasteiger partial charge on any atom is 0.317 e. The molecule has 1 atom stereocenters. The molecule has 1 fully saturated rings. The van der Waals surface area contributed by atoms with Gasteiger partial charge in [-0.3, -0.25) is 9.69 Å². The van der Waals surface area contributed by atoms with Gasteiger partial charge in [0.25, 0.3) is 0 Å². The summed E-state index contributed by atoms with van der Waals surface area (Å²) < 4.78 is 24.0. The van der Waals surface area contributed by atoms with Gasteiger partial charge in [-0.1, -0.05) is 0 Å². The molecule has 0 bridgehead atoms. The minimum absolute atomic E-state index is 0.129. The second-order valence-corrected chi connectivity index (χ2v) is 2.56. The van der Waals surface area contributed by atoms with Crippen LogP contribution in [0.15, 0.2) is 0 Å². The summed E-state index contributed by atoms with van der Waals surface area (Å²) in [5, 5.41) is 0. The first kappa shape index (κ1) is 8.39. The molecule has 0 aliphatic carbocycles. The lowest BCUT2D eigenvalue weighted by molar-refractivity contribution is -0.149. The van der Waals surface area contributed by atoms with Crippen LogP contribution in [0.1, 0.15) is 12.8 Å². The van der Waals surface area contributed by atoms with Crippen LogP contribution in [0.2, 0.25) is 0 Å². The average molecular weight is 164 g/mol. The lowest BCUT2D eigenvalue weighted by atomic mass is 10.1. The summed E-state index contributed by atoms with van der Waals surface area (Å²) in [5.74, 6) is -0.633. The Bertz CT molecular complexity index is 163. The van der Waals surface area contributed by atoms with E-state index in [0.29, 0.717) is 17.7 Å². The van der Waals surface area contributed by atoms with Gasteiger partial charge < -0.3 is 5.73 Å². The number of alkyl halides is 2. The third kappa shape index (κ3) is 1.65. The molecule has 1 saturated heterocycles. The minimum atomic E-state index is -2.70. The number of hydrogen-bond donors (Lipinski definition) is 1. The zero-order valence-electron chi connectivity index (χ0n) is 5.96. The SMILES string of the molecule is NC1CCCN(C(F)F)C1=O. The van der Waals surface area contributed by atoms with Crippen LogP contribution in [-0.2, 0) is 4.79 Å². The van der Waals surface area contributed by atoms with Crippen LogP contribution in [0.25, 0.3) is 0 Å². The van der Waals surface area contributed by atoms with E-state index in [9.17, 15) is 13.6 Å². The number of likely N-dealkylation sites (tertiary alicyclic amines) is 1. The summed E-state index contributed by atoms with van der Waals surface area (Å²) in [6, 6.07) is -0.724. The van der Waals surface area contributed by atoms with Crippen molar-refractivity contribution in [1.29, 1.82) is 0 Å². The van der Waals surface area contributed by atoms with Crippen LogP contribution in [0.5, 0.6) is 0 Å². The number of carbonyl (C=O) groups is 1. The van der Waals surface area contributed by atoms with Gasteiger partial charge in [0.15, 0.2) is 0 Å². The molecule has 1 aliphatic heterocycles. The second-order valence-electron chi connectivity index (χ2n) is 2.56. The van der Waals surface area contributed by atoms with Crippen molar-refractivity contribution in [2.24, 2.45) is 5.73 Å². The molecule has 64 valence electrons.